The minimum Gasteiger partial charge on any atom is -0.462 e. The highest BCUT2D eigenvalue weighted by atomic mass is 16.6. The van der Waals surface area contributed by atoms with Gasteiger partial charge in [-0.25, -0.2) is 0 Å². The molecule has 0 spiro atoms. The first-order valence-electron chi connectivity index (χ1n) is 18.7. The van der Waals surface area contributed by atoms with E-state index in [1.807, 2.05) is 0 Å². The highest BCUT2D eigenvalue weighted by Gasteiger charge is 2.19. The molecule has 0 bridgehead atoms. The van der Waals surface area contributed by atoms with Crippen LogP contribution in [0.25, 0.3) is 0 Å². The quantitative estimate of drug-likeness (QED) is 0.0421. The van der Waals surface area contributed by atoms with Gasteiger partial charge in [0.1, 0.15) is 13.2 Å². The number of carbonyl (C=O) groups is 3. The molecule has 0 N–H and O–H groups in total. The molecule has 1 atom stereocenters. The molecular weight excluding hydrogens is 552 g/mol. The Balaban J connectivity index is 4.31. The predicted octanol–water partition coefficient (Wildman–Crippen LogP) is 11.1. The summed E-state index contributed by atoms with van der Waals surface area (Å²) in [6, 6.07) is 0. The van der Waals surface area contributed by atoms with Gasteiger partial charge in [-0.3, -0.25) is 14.4 Å². The lowest BCUT2D eigenvalue weighted by Gasteiger charge is -2.18. The summed E-state index contributed by atoms with van der Waals surface area (Å²) in [6.07, 6.45) is 25.6. The lowest BCUT2D eigenvalue weighted by atomic mass is 10.0. The Kier molecular flexibility index (Phi) is 30.3. The Morgan fingerprint density at radius 2 is 0.750 bits per heavy atom. The average molecular weight is 625 g/mol. The van der Waals surface area contributed by atoms with Crippen molar-refractivity contribution in [2.75, 3.05) is 13.2 Å². The fraction of sp³-hybridized carbons (Fsp3) is 0.921. The molecule has 260 valence electrons. The topological polar surface area (TPSA) is 78.9 Å². The molecule has 0 aromatic carbocycles. The standard InChI is InChI=1S/C38H72O6/c1-6-7-8-16-23-28-36(39)42-31-35(32-43-37(40)29-24-19-15-11-13-18-22-27-34(4)5)44-38(41)30-25-20-14-10-9-12-17-21-26-33(2)3/h33-35H,6-32H2,1-5H3/t35-/m0/s1. The second-order valence-electron chi connectivity index (χ2n) is 13.8. The molecule has 44 heavy (non-hydrogen) atoms. The van der Waals surface area contributed by atoms with Crippen molar-refractivity contribution >= 4 is 17.9 Å². The number of ether oxygens (including phenoxy) is 3. The van der Waals surface area contributed by atoms with Crippen LogP contribution in [0.5, 0.6) is 0 Å². The smallest absolute Gasteiger partial charge is 0.306 e. The minimum atomic E-state index is -0.757. The Morgan fingerprint density at radius 1 is 0.432 bits per heavy atom. The van der Waals surface area contributed by atoms with Gasteiger partial charge >= 0.3 is 17.9 Å². The van der Waals surface area contributed by atoms with Crippen LogP contribution in [0.2, 0.25) is 0 Å². The monoisotopic (exact) mass is 625 g/mol. The van der Waals surface area contributed by atoms with Gasteiger partial charge in [0.15, 0.2) is 6.10 Å². The van der Waals surface area contributed by atoms with E-state index in [4.69, 9.17) is 14.2 Å². The van der Waals surface area contributed by atoms with E-state index >= 15 is 0 Å². The Labute approximate surface area is 272 Å². The largest absolute Gasteiger partial charge is 0.462 e. The highest BCUT2D eigenvalue weighted by molar-refractivity contribution is 5.71. The molecule has 0 radical (unpaired) electrons. The summed E-state index contributed by atoms with van der Waals surface area (Å²) in [5.74, 6) is 0.688. The van der Waals surface area contributed by atoms with E-state index in [-0.39, 0.29) is 31.1 Å². The van der Waals surface area contributed by atoms with Crippen LogP contribution < -0.4 is 0 Å². The molecule has 6 heteroatoms. The summed E-state index contributed by atoms with van der Waals surface area (Å²) in [5.41, 5.74) is 0. The Hall–Kier alpha value is -1.59. The maximum atomic E-state index is 12.5. The summed E-state index contributed by atoms with van der Waals surface area (Å²) in [6.45, 7) is 11.1. The van der Waals surface area contributed by atoms with Crippen molar-refractivity contribution in [3.63, 3.8) is 0 Å². The highest BCUT2D eigenvalue weighted by Crippen LogP contribution is 2.15. The van der Waals surface area contributed by atoms with Gasteiger partial charge in [-0.15, -0.1) is 0 Å². The molecule has 0 saturated carbocycles. The molecule has 0 rings (SSSR count). The number of unbranched alkanes of at least 4 members (excludes halogenated alkanes) is 17. The summed E-state index contributed by atoms with van der Waals surface area (Å²) in [5, 5.41) is 0. The van der Waals surface area contributed by atoms with E-state index in [0.29, 0.717) is 19.3 Å². The molecule has 0 fully saturated rings. The molecular formula is C38H72O6. The molecule has 0 heterocycles. The van der Waals surface area contributed by atoms with Gasteiger partial charge < -0.3 is 14.2 Å². The molecule has 6 nitrogen and oxygen atoms in total. The van der Waals surface area contributed by atoms with Gasteiger partial charge in [-0.1, -0.05) is 157 Å². The molecule has 0 amide bonds. The molecule has 0 aromatic heterocycles. The van der Waals surface area contributed by atoms with Crippen LogP contribution in [0, 0.1) is 11.8 Å². The second kappa shape index (κ2) is 31.4. The first-order valence-corrected chi connectivity index (χ1v) is 18.7. The Bertz CT molecular complexity index is 674. The van der Waals surface area contributed by atoms with Gasteiger partial charge in [0.05, 0.1) is 0 Å². The van der Waals surface area contributed by atoms with Crippen molar-refractivity contribution in [1.29, 1.82) is 0 Å². The third-order valence-electron chi connectivity index (χ3n) is 8.22. The molecule has 0 saturated heterocycles. The molecule has 0 aromatic rings. The second-order valence-corrected chi connectivity index (χ2v) is 13.8. The third-order valence-corrected chi connectivity index (χ3v) is 8.22. The molecule has 0 aliphatic rings. The van der Waals surface area contributed by atoms with Crippen LogP contribution in [0.3, 0.4) is 0 Å². The van der Waals surface area contributed by atoms with Crippen molar-refractivity contribution in [3.05, 3.63) is 0 Å². The number of esters is 3. The van der Waals surface area contributed by atoms with Crippen molar-refractivity contribution in [2.45, 2.75) is 201 Å². The minimum absolute atomic E-state index is 0.0684. The Morgan fingerprint density at radius 3 is 1.11 bits per heavy atom. The van der Waals surface area contributed by atoms with Gasteiger partial charge in [0.2, 0.25) is 0 Å². The number of hydrogen-bond donors (Lipinski definition) is 0. The van der Waals surface area contributed by atoms with Gasteiger partial charge in [0, 0.05) is 19.3 Å². The average Bonchev–Trinajstić information content (AvgIpc) is 2.98. The summed E-state index contributed by atoms with van der Waals surface area (Å²) < 4.78 is 16.5. The first kappa shape index (κ1) is 42.4. The predicted molar refractivity (Wildman–Crippen MR) is 183 cm³/mol. The van der Waals surface area contributed by atoms with E-state index in [1.54, 1.807) is 0 Å². The zero-order chi connectivity index (χ0) is 32.7. The van der Waals surface area contributed by atoms with E-state index in [0.717, 1.165) is 76.0 Å². The van der Waals surface area contributed by atoms with Crippen LogP contribution >= 0.6 is 0 Å². The van der Waals surface area contributed by atoms with E-state index < -0.39 is 6.10 Å². The summed E-state index contributed by atoms with van der Waals surface area (Å²) in [4.78, 5) is 37.1. The fourth-order valence-corrected chi connectivity index (χ4v) is 5.34. The number of rotatable bonds is 32. The van der Waals surface area contributed by atoms with Crippen LogP contribution in [0.1, 0.15) is 195 Å². The SMILES string of the molecule is CCCCCCCC(=O)OC[C@@H](COC(=O)CCCCCCCCCC(C)C)OC(=O)CCCCCCCCCCC(C)C. The zero-order valence-corrected chi connectivity index (χ0v) is 29.8. The maximum Gasteiger partial charge on any atom is 0.306 e. The zero-order valence-electron chi connectivity index (χ0n) is 29.8. The van der Waals surface area contributed by atoms with Crippen molar-refractivity contribution < 1.29 is 28.6 Å². The van der Waals surface area contributed by atoms with Crippen LogP contribution in [0.4, 0.5) is 0 Å². The van der Waals surface area contributed by atoms with Crippen molar-refractivity contribution in [2.24, 2.45) is 11.8 Å². The van der Waals surface area contributed by atoms with Crippen LogP contribution in [0.15, 0.2) is 0 Å². The third kappa shape index (κ3) is 31.8. The van der Waals surface area contributed by atoms with E-state index in [2.05, 4.69) is 34.6 Å². The van der Waals surface area contributed by atoms with Gasteiger partial charge in [0.25, 0.3) is 0 Å². The molecule has 0 aliphatic heterocycles. The fourth-order valence-electron chi connectivity index (χ4n) is 5.34. The van der Waals surface area contributed by atoms with Crippen molar-refractivity contribution in [3.8, 4) is 0 Å². The summed E-state index contributed by atoms with van der Waals surface area (Å²) >= 11 is 0. The first-order chi connectivity index (χ1) is 21.2. The normalized spacial score (nSPS) is 12.1. The molecule has 0 unspecified atom stereocenters. The number of carbonyl (C=O) groups excluding carboxylic acids is 3. The van der Waals surface area contributed by atoms with Crippen LogP contribution in [-0.2, 0) is 28.6 Å². The van der Waals surface area contributed by atoms with Gasteiger partial charge in [-0.05, 0) is 31.1 Å². The van der Waals surface area contributed by atoms with Gasteiger partial charge in [-0.2, -0.15) is 0 Å². The summed E-state index contributed by atoms with van der Waals surface area (Å²) in [7, 11) is 0. The maximum absolute atomic E-state index is 12.5. The van der Waals surface area contributed by atoms with Crippen molar-refractivity contribution in [1.82, 2.24) is 0 Å². The van der Waals surface area contributed by atoms with Crippen LogP contribution in [-0.4, -0.2) is 37.2 Å². The van der Waals surface area contributed by atoms with E-state index in [9.17, 15) is 14.4 Å². The molecule has 0 aliphatic carbocycles. The van der Waals surface area contributed by atoms with E-state index in [1.165, 1.54) is 77.0 Å². The lowest BCUT2D eigenvalue weighted by Crippen LogP contribution is -2.30. The lowest BCUT2D eigenvalue weighted by molar-refractivity contribution is -0.167. The number of hydrogen-bond acceptors (Lipinski definition) is 6.